The van der Waals surface area contributed by atoms with Gasteiger partial charge >= 0.3 is 0 Å². The Kier molecular flexibility index (Phi) is 4.04. The molecule has 0 bridgehead atoms. The summed E-state index contributed by atoms with van der Waals surface area (Å²) < 4.78 is 27.1. The van der Waals surface area contributed by atoms with E-state index in [2.05, 4.69) is 31.2 Å². The maximum Gasteiger partial charge on any atom is 0.149 e. The highest BCUT2D eigenvalue weighted by Gasteiger charge is 2.19. The third-order valence-corrected chi connectivity index (χ3v) is 2.97. The van der Waals surface area contributed by atoms with Gasteiger partial charge in [-0.1, -0.05) is 20.8 Å². The Bertz CT molecular complexity index is 639. The number of anilines is 2. The lowest BCUT2D eigenvalue weighted by Crippen LogP contribution is -2.17. The number of nitrogens with one attached hydrogen (secondary N) is 1. The average Bonchev–Trinajstić information content (AvgIpc) is 2.31. The van der Waals surface area contributed by atoms with Crippen LogP contribution in [-0.4, -0.2) is 9.97 Å². The lowest BCUT2D eigenvalue weighted by atomic mass is 9.96. The van der Waals surface area contributed by atoms with Gasteiger partial charge in [0.1, 0.15) is 27.9 Å². The van der Waals surface area contributed by atoms with Crippen molar-refractivity contribution in [3.63, 3.8) is 0 Å². The molecule has 0 radical (unpaired) electrons. The van der Waals surface area contributed by atoms with Crippen molar-refractivity contribution in [1.82, 2.24) is 9.97 Å². The topological polar surface area (TPSA) is 37.8 Å². The van der Waals surface area contributed by atoms with Crippen molar-refractivity contribution >= 4 is 27.4 Å². The summed E-state index contributed by atoms with van der Waals surface area (Å²) in [5.74, 6) is -0.219. The molecular formula is C14H14BrF2N3. The Morgan fingerprint density at radius 1 is 1.10 bits per heavy atom. The minimum Gasteiger partial charge on any atom is -0.338 e. The predicted octanol–water partition coefficient (Wildman–Crippen LogP) is 4.56. The van der Waals surface area contributed by atoms with Crippen molar-refractivity contribution in [2.24, 2.45) is 0 Å². The Hall–Kier alpha value is -1.56. The van der Waals surface area contributed by atoms with E-state index in [0.717, 1.165) is 6.07 Å². The smallest absolute Gasteiger partial charge is 0.149 e. The van der Waals surface area contributed by atoms with Crippen molar-refractivity contribution in [3.8, 4) is 0 Å². The van der Waals surface area contributed by atoms with Crippen LogP contribution in [0, 0.1) is 11.6 Å². The zero-order valence-electron chi connectivity index (χ0n) is 11.3. The molecule has 0 saturated heterocycles. The molecule has 20 heavy (non-hydrogen) atoms. The van der Waals surface area contributed by atoms with Crippen LogP contribution in [0.1, 0.15) is 26.6 Å². The second kappa shape index (κ2) is 5.44. The summed E-state index contributed by atoms with van der Waals surface area (Å²) in [5.41, 5.74) is -0.0708. The second-order valence-corrected chi connectivity index (χ2v) is 6.21. The molecule has 0 aliphatic heterocycles. The van der Waals surface area contributed by atoms with Crippen molar-refractivity contribution < 1.29 is 8.78 Å². The van der Waals surface area contributed by atoms with Gasteiger partial charge in [-0.15, -0.1) is 0 Å². The molecule has 2 rings (SSSR count). The first-order valence-electron chi connectivity index (χ1n) is 6.03. The first-order valence-corrected chi connectivity index (χ1v) is 6.82. The number of benzene rings is 1. The van der Waals surface area contributed by atoms with Crippen LogP contribution in [0.15, 0.2) is 28.9 Å². The largest absolute Gasteiger partial charge is 0.338 e. The van der Waals surface area contributed by atoms with E-state index in [1.165, 1.54) is 12.1 Å². The molecule has 1 aromatic heterocycles. The lowest BCUT2D eigenvalue weighted by molar-refractivity contribution is 0.544. The number of hydrogen-bond acceptors (Lipinski definition) is 3. The highest BCUT2D eigenvalue weighted by atomic mass is 79.9. The van der Waals surface area contributed by atoms with Crippen molar-refractivity contribution in [2.45, 2.75) is 26.2 Å². The number of nitrogens with zero attached hydrogens (tertiary/aromatic N) is 2. The minimum absolute atomic E-state index is 0.164. The summed E-state index contributed by atoms with van der Waals surface area (Å²) in [6.07, 6.45) is 0. The van der Waals surface area contributed by atoms with E-state index in [4.69, 9.17) is 0 Å². The summed E-state index contributed by atoms with van der Waals surface area (Å²) in [4.78, 5) is 8.65. The highest BCUT2D eigenvalue weighted by molar-refractivity contribution is 9.10. The molecule has 0 amide bonds. The van der Waals surface area contributed by atoms with Crippen LogP contribution in [-0.2, 0) is 5.41 Å². The van der Waals surface area contributed by atoms with Gasteiger partial charge < -0.3 is 5.32 Å². The van der Waals surface area contributed by atoms with E-state index in [0.29, 0.717) is 16.2 Å². The zero-order valence-corrected chi connectivity index (χ0v) is 12.9. The molecule has 2 aromatic rings. The molecular weight excluding hydrogens is 328 g/mol. The van der Waals surface area contributed by atoms with Gasteiger partial charge in [-0.25, -0.2) is 18.7 Å². The van der Waals surface area contributed by atoms with E-state index in [1.807, 2.05) is 20.8 Å². The Morgan fingerprint density at radius 2 is 1.80 bits per heavy atom. The fourth-order valence-corrected chi connectivity index (χ4v) is 1.93. The summed E-state index contributed by atoms with van der Waals surface area (Å²) in [6, 6.07) is 4.98. The molecule has 0 atom stereocenters. The van der Waals surface area contributed by atoms with E-state index in [-0.39, 0.29) is 11.1 Å². The Morgan fingerprint density at radius 3 is 2.40 bits per heavy atom. The van der Waals surface area contributed by atoms with Gasteiger partial charge in [-0.2, -0.15) is 0 Å². The maximum absolute atomic E-state index is 13.6. The quantitative estimate of drug-likeness (QED) is 0.813. The minimum atomic E-state index is -0.669. The van der Waals surface area contributed by atoms with Crippen LogP contribution in [0.4, 0.5) is 20.3 Å². The average molecular weight is 342 g/mol. The summed E-state index contributed by atoms with van der Waals surface area (Å²) in [7, 11) is 0. The van der Waals surface area contributed by atoms with Gasteiger partial charge in [0.15, 0.2) is 0 Å². The maximum atomic E-state index is 13.6. The molecule has 1 heterocycles. The van der Waals surface area contributed by atoms with Crippen molar-refractivity contribution in [2.75, 3.05) is 5.32 Å². The van der Waals surface area contributed by atoms with Gasteiger partial charge in [-0.3, -0.25) is 0 Å². The molecule has 0 fully saturated rings. The molecule has 1 aromatic carbocycles. The zero-order chi connectivity index (χ0) is 14.9. The lowest BCUT2D eigenvalue weighted by Gasteiger charge is -2.18. The van der Waals surface area contributed by atoms with Gasteiger partial charge in [0.2, 0.25) is 0 Å². The fraction of sp³-hybridized carbons (Fsp3) is 0.286. The third kappa shape index (κ3) is 3.50. The highest BCUT2D eigenvalue weighted by Crippen LogP contribution is 2.25. The predicted molar refractivity (Wildman–Crippen MR) is 78.1 cm³/mol. The molecule has 0 saturated carbocycles. The van der Waals surface area contributed by atoms with E-state index in [1.54, 1.807) is 6.07 Å². The monoisotopic (exact) mass is 341 g/mol. The van der Waals surface area contributed by atoms with Gasteiger partial charge in [0, 0.05) is 17.5 Å². The van der Waals surface area contributed by atoms with Crippen LogP contribution in [0.3, 0.4) is 0 Å². The van der Waals surface area contributed by atoms with Crippen molar-refractivity contribution in [3.05, 3.63) is 46.3 Å². The summed E-state index contributed by atoms with van der Waals surface area (Å²) in [6.45, 7) is 5.95. The van der Waals surface area contributed by atoms with Crippen molar-refractivity contribution in [1.29, 1.82) is 0 Å². The van der Waals surface area contributed by atoms with Crippen LogP contribution in [0.2, 0.25) is 0 Å². The van der Waals surface area contributed by atoms with Gasteiger partial charge in [0.05, 0.1) is 5.69 Å². The van der Waals surface area contributed by atoms with Crippen LogP contribution in [0.25, 0.3) is 0 Å². The molecule has 3 nitrogen and oxygen atoms in total. The molecule has 0 unspecified atom stereocenters. The number of aromatic nitrogens is 2. The number of halogens is 3. The van der Waals surface area contributed by atoms with Gasteiger partial charge in [-0.05, 0) is 28.1 Å². The third-order valence-electron chi connectivity index (χ3n) is 2.56. The van der Waals surface area contributed by atoms with Crippen LogP contribution >= 0.6 is 15.9 Å². The van der Waals surface area contributed by atoms with E-state index >= 15 is 0 Å². The first kappa shape index (κ1) is 14.8. The molecule has 0 spiro atoms. The normalized spacial score (nSPS) is 11.5. The molecule has 106 valence electrons. The summed E-state index contributed by atoms with van der Waals surface area (Å²) in [5, 5.41) is 2.83. The van der Waals surface area contributed by atoms with E-state index in [9.17, 15) is 8.78 Å². The molecule has 0 aliphatic rings. The summed E-state index contributed by atoms with van der Waals surface area (Å²) >= 11 is 3.30. The second-order valence-electron chi connectivity index (χ2n) is 5.40. The Labute approximate surface area is 124 Å². The first-order chi connectivity index (χ1) is 9.25. The number of rotatable bonds is 2. The van der Waals surface area contributed by atoms with Crippen LogP contribution < -0.4 is 5.32 Å². The fourth-order valence-electron chi connectivity index (χ4n) is 1.55. The standard InChI is InChI=1S/C14H14BrF2N3/c1-14(2,3)13-19-11(15)7-12(20-13)18-10-5-4-8(16)6-9(10)17/h4-7H,1-3H3,(H,18,19,20). The van der Waals surface area contributed by atoms with E-state index < -0.39 is 11.6 Å². The number of hydrogen-bond donors (Lipinski definition) is 1. The molecule has 6 heteroatoms. The van der Waals surface area contributed by atoms with Crippen LogP contribution in [0.5, 0.6) is 0 Å². The molecule has 0 aliphatic carbocycles. The molecule has 1 N–H and O–H groups in total. The van der Waals surface area contributed by atoms with Gasteiger partial charge in [0.25, 0.3) is 0 Å². The SMILES string of the molecule is CC(C)(C)c1nc(Br)cc(Nc2ccc(F)cc2F)n1. The Balaban J connectivity index is 2.36.